The summed E-state index contributed by atoms with van der Waals surface area (Å²) in [5, 5.41) is 4.71. The molecular formula is C23H25ClN2O2S. The van der Waals surface area contributed by atoms with Crippen molar-refractivity contribution in [2.45, 2.75) is 32.7 Å². The molecule has 1 atom stereocenters. The van der Waals surface area contributed by atoms with Gasteiger partial charge in [0.25, 0.3) is 0 Å². The summed E-state index contributed by atoms with van der Waals surface area (Å²) >= 11 is 12.2. The number of nitrogens with one attached hydrogen (secondary N) is 1. The highest BCUT2D eigenvalue weighted by molar-refractivity contribution is 7.80. The molecule has 0 spiro atoms. The Morgan fingerprint density at radius 3 is 2.83 bits per heavy atom. The molecular weight excluding hydrogens is 404 g/mol. The van der Waals surface area contributed by atoms with Crippen molar-refractivity contribution in [3.05, 3.63) is 64.7 Å². The lowest BCUT2D eigenvalue weighted by Crippen LogP contribution is -2.38. The number of ether oxygens (including phenoxy) is 2. The van der Waals surface area contributed by atoms with Crippen LogP contribution in [0.5, 0.6) is 11.5 Å². The first-order valence-corrected chi connectivity index (χ1v) is 10.7. The maximum atomic E-state index is 6.41. The molecule has 6 heteroatoms. The van der Waals surface area contributed by atoms with Crippen LogP contribution < -0.4 is 14.8 Å². The zero-order valence-electron chi connectivity index (χ0n) is 16.5. The van der Waals surface area contributed by atoms with Crippen LogP contribution in [0, 0.1) is 12.8 Å². The van der Waals surface area contributed by atoms with Crippen LogP contribution in [0.3, 0.4) is 0 Å². The van der Waals surface area contributed by atoms with Crippen molar-refractivity contribution in [2.24, 2.45) is 5.92 Å². The first-order valence-electron chi connectivity index (χ1n) is 9.94. The first kappa shape index (κ1) is 20.0. The largest absolute Gasteiger partial charge is 0.454 e. The average molecular weight is 429 g/mol. The van der Waals surface area contributed by atoms with E-state index in [-0.39, 0.29) is 6.79 Å². The number of nitrogens with zero attached hydrogens (tertiary/aromatic N) is 1. The third-order valence-corrected chi connectivity index (χ3v) is 5.99. The van der Waals surface area contributed by atoms with Crippen LogP contribution in [0.4, 0.5) is 5.69 Å². The van der Waals surface area contributed by atoms with E-state index in [4.69, 9.17) is 33.3 Å². The van der Waals surface area contributed by atoms with Gasteiger partial charge in [-0.2, -0.15) is 0 Å². The minimum absolute atomic E-state index is 0.281. The summed E-state index contributed by atoms with van der Waals surface area (Å²) in [6.45, 7) is 3.90. The highest BCUT2D eigenvalue weighted by Gasteiger charge is 2.20. The number of benzene rings is 2. The van der Waals surface area contributed by atoms with Crippen LogP contribution in [0.2, 0.25) is 5.02 Å². The van der Waals surface area contributed by atoms with Crippen molar-refractivity contribution < 1.29 is 9.47 Å². The van der Waals surface area contributed by atoms with E-state index in [2.05, 4.69) is 28.4 Å². The zero-order chi connectivity index (χ0) is 20.2. The Morgan fingerprint density at radius 2 is 2.03 bits per heavy atom. The van der Waals surface area contributed by atoms with Gasteiger partial charge in [0.15, 0.2) is 16.6 Å². The molecule has 1 N–H and O–H groups in total. The SMILES string of the molecule is Cc1ccc(NC(=S)N(Cc2ccc3c(c2)OCO3)CC2CC=CCC2)c(Cl)c1. The van der Waals surface area contributed by atoms with Gasteiger partial charge < -0.3 is 19.7 Å². The number of anilines is 1. The third kappa shape index (κ3) is 5.03. The number of hydrogen-bond acceptors (Lipinski definition) is 3. The van der Waals surface area contributed by atoms with Crippen molar-refractivity contribution in [1.29, 1.82) is 0 Å². The first-order chi connectivity index (χ1) is 14.1. The van der Waals surface area contributed by atoms with Crippen LogP contribution in [0.25, 0.3) is 0 Å². The topological polar surface area (TPSA) is 33.7 Å². The monoisotopic (exact) mass is 428 g/mol. The Hall–Kier alpha value is -2.24. The molecule has 1 aliphatic heterocycles. The molecule has 4 nitrogen and oxygen atoms in total. The molecule has 0 fully saturated rings. The normalized spacial score (nSPS) is 17.2. The minimum Gasteiger partial charge on any atom is -0.454 e. The fourth-order valence-electron chi connectivity index (χ4n) is 3.73. The summed E-state index contributed by atoms with van der Waals surface area (Å²) in [6.07, 6.45) is 7.95. The van der Waals surface area contributed by atoms with E-state index in [1.165, 1.54) is 6.42 Å². The van der Waals surface area contributed by atoms with Gasteiger partial charge in [-0.05, 0) is 79.7 Å². The lowest BCUT2D eigenvalue weighted by Gasteiger charge is -2.31. The molecule has 4 rings (SSSR count). The molecule has 2 aromatic carbocycles. The summed E-state index contributed by atoms with van der Waals surface area (Å²) in [5.41, 5.74) is 3.10. The number of aryl methyl sites for hydroxylation is 1. The molecule has 0 saturated heterocycles. The predicted octanol–water partition coefficient (Wildman–Crippen LogP) is 5.93. The Balaban J connectivity index is 1.52. The number of hydrogen-bond donors (Lipinski definition) is 1. The van der Waals surface area contributed by atoms with Gasteiger partial charge in [-0.1, -0.05) is 35.9 Å². The van der Waals surface area contributed by atoms with Gasteiger partial charge in [0.05, 0.1) is 10.7 Å². The molecule has 1 heterocycles. The second-order valence-corrected chi connectivity index (χ2v) is 8.43. The summed E-state index contributed by atoms with van der Waals surface area (Å²) in [6, 6.07) is 12.0. The highest BCUT2D eigenvalue weighted by atomic mass is 35.5. The molecule has 2 aliphatic rings. The van der Waals surface area contributed by atoms with E-state index in [0.717, 1.165) is 47.7 Å². The van der Waals surface area contributed by atoms with Gasteiger partial charge in [-0.25, -0.2) is 0 Å². The number of halogens is 1. The maximum Gasteiger partial charge on any atom is 0.231 e. The second-order valence-electron chi connectivity index (χ2n) is 7.63. The van der Waals surface area contributed by atoms with E-state index in [0.29, 0.717) is 22.6 Å². The number of thiocarbonyl (C=S) groups is 1. The maximum absolute atomic E-state index is 6.41. The Kier molecular flexibility index (Phi) is 6.26. The van der Waals surface area contributed by atoms with Gasteiger partial charge in [0.2, 0.25) is 6.79 Å². The molecule has 0 bridgehead atoms. The molecule has 0 radical (unpaired) electrons. The zero-order valence-corrected chi connectivity index (χ0v) is 18.1. The smallest absolute Gasteiger partial charge is 0.231 e. The second kappa shape index (κ2) is 9.06. The van der Waals surface area contributed by atoms with Gasteiger partial charge in [-0.15, -0.1) is 0 Å². The van der Waals surface area contributed by atoms with Crippen LogP contribution >= 0.6 is 23.8 Å². The molecule has 152 valence electrons. The molecule has 2 aromatic rings. The molecule has 0 aromatic heterocycles. The van der Waals surface area contributed by atoms with Crippen LogP contribution in [-0.4, -0.2) is 23.4 Å². The summed E-state index contributed by atoms with van der Waals surface area (Å²) in [5.74, 6) is 2.18. The average Bonchev–Trinajstić information content (AvgIpc) is 3.18. The van der Waals surface area contributed by atoms with E-state index < -0.39 is 0 Å². The number of rotatable bonds is 5. The van der Waals surface area contributed by atoms with Crippen molar-refractivity contribution in [3.63, 3.8) is 0 Å². The Labute approximate surface area is 182 Å². The van der Waals surface area contributed by atoms with Gasteiger partial charge >= 0.3 is 0 Å². The number of fused-ring (bicyclic) bond motifs is 1. The van der Waals surface area contributed by atoms with E-state index in [1.54, 1.807) is 0 Å². The fourth-order valence-corrected chi connectivity index (χ4v) is 4.26. The fraction of sp³-hybridized carbons (Fsp3) is 0.348. The lowest BCUT2D eigenvalue weighted by atomic mass is 9.94. The molecule has 1 aliphatic carbocycles. The van der Waals surface area contributed by atoms with Crippen molar-refractivity contribution in [3.8, 4) is 11.5 Å². The molecule has 29 heavy (non-hydrogen) atoms. The van der Waals surface area contributed by atoms with E-state index >= 15 is 0 Å². The van der Waals surface area contributed by atoms with Gasteiger partial charge in [-0.3, -0.25) is 0 Å². The molecule has 0 saturated carbocycles. The number of allylic oxidation sites excluding steroid dienone is 2. The highest BCUT2D eigenvalue weighted by Crippen LogP contribution is 2.33. The van der Waals surface area contributed by atoms with E-state index in [1.807, 2.05) is 37.3 Å². The van der Waals surface area contributed by atoms with Crippen LogP contribution in [0.1, 0.15) is 30.4 Å². The van der Waals surface area contributed by atoms with Crippen molar-refractivity contribution in [2.75, 3.05) is 18.7 Å². The molecule has 1 unspecified atom stereocenters. The van der Waals surface area contributed by atoms with Crippen molar-refractivity contribution in [1.82, 2.24) is 4.90 Å². The summed E-state index contributed by atoms with van der Waals surface area (Å²) in [4.78, 5) is 2.23. The van der Waals surface area contributed by atoms with Crippen LogP contribution in [0.15, 0.2) is 48.6 Å². The lowest BCUT2D eigenvalue weighted by molar-refractivity contribution is 0.174. The Morgan fingerprint density at radius 1 is 1.17 bits per heavy atom. The van der Waals surface area contributed by atoms with Crippen molar-refractivity contribution >= 4 is 34.6 Å². The summed E-state index contributed by atoms with van der Waals surface area (Å²) < 4.78 is 11.0. The van der Waals surface area contributed by atoms with E-state index in [9.17, 15) is 0 Å². The minimum atomic E-state index is 0.281. The third-order valence-electron chi connectivity index (χ3n) is 5.32. The molecule has 0 amide bonds. The van der Waals surface area contributed by atoms with Gasteiger partial charge in [0.1, 0.15) is 0 Å². The van der Waals surface area contributed by atoms with Crippen LogP contribution in [-0.2, 0) is 6.54 Å². The quantitative estimate of drug-likeness (QED) is 0.471. The predicted molar refractivity (Wildman–Crippen MR) is 122 cm³/mol. The summed E-state index contributed by atoms with van der Waals surface area (Å²) in [7, 11) is 0. The van der Waals surface area contributed by atoms with Gasteiger partial charge in [0, 0.05) is 13.1 Å². The standard InChI is InChI=1S/C23H25ClN2O2S/c1-16-7-9-20(19(24)11-16)25-23(29)26(13-17-5-3-2-4-6-17)14-18-8-10-21-22(12-18)28-15-27-21/h2-3,7-12,17H,4-6,13-15H2,1H3,(H,25,29). The Bertz CT molecular complexity index is 931.